The highest BCUT2D eigenvalue weighted by molar-refractivity contribution is 6.10. The number of hydrogen-bond acceptors (Lipinski definition) is 8. The maximum Gasteiger partial charge on any atom is 0.338 e. The number of methoxy groups -OCH3 is 3. The van der Waals surface area contributed by atoms with E-state index in [0.29, 0.717) is 5.69 Å². The molecule has 1 amide bonds. The van der Waals surface area contributed by atoms with Crippen molar-refractivity contribution in [1.29, 1.82) is 0 Å². The molecule has 154 valence electrons. The number of nitrogens with zero attached hydrogens (tertiary/aromatic N) is 2. The van der Waals surface area contributed by atoms with Crippen molar-refractivity contribution < 1.29 is 33.4 Å². The van der Waals surface area contributed by atoms with Gasteiger partial charge in [0.15, 0.2) is 0 Å². The van der Waals surface area contributed by atoms with E-state index in [-0.39, 0.29) is 24.0 Å². The first-order chi connectivity index (χ1) is 13.9. The summed E-state index contributed by atoms with van der Waals surface area (Å²) in [6.07, 6.45) is 2.62. The van der Waals surface area contributed by atoms with E-state index in [0.717, 1.165) is 0 Å². The van der Waals surface area contributed by atoms with Crippen molar-refractivity contribution in [2.75, 3.05) is 26.6 Å². The van der Waals surface area contributed by atoms with Gasteiger partial charge in [-0.15, -0.1) is 0 Å². The molecule has 0 unspecified atom stereocenters. The third-order valence-corrected chi connectivity index (χ3v) is 4.07. The second kappa shape index (κ2) is 10.0. The van der Waals surface area contributed by atoms with E-state index in [9.17, 15) is 19.2 Å². The number of rotatable bonds is 8. The van der Waals surface area contributed by atoms with Gasteiger partial charge in [-0.3, -0.25) is 19.1 Å². The standard InChI is InChI=1S/C19H21N3O7/c1-27-16(23)8-13(9-17(24)28-2)22-11-12(10-20-22)21-18(25)14-6-4-5-7-15(14)19(26)29-3/h4-7,10-11,13H,8-9H2,1-3H3,(H,21,25). The summed E-state index contributed by atoms with van der Waals surface area (Å²) in [5.41, 5.74) is 0.566. The molecular weight excluding hydrogens is 382 g/mol. The molecule has 10 nitrogen and oxygen atoms in total. The number of carbonyl (C=O) groups is 4. The molecule has 1 aromatic heterocycles. The molecule has 0 saturated heterocycles. The minimum atomic E-state index is -0.650. The molecule has 29 heavy (non-hydrogen) atoms. The largest absolute Gasteiger partial charge is 0.469 e. The molecule has 0 saturated carbocycles. The van der Waals surface area contributed by atoms with Crippen molar-refractivity contribution in [2.45, 2.75) is 18.9 Å². The normalized spacial score (nSPS) is 10.3. The molecule has 0 spiro atoms. The number of amides is 1. The maximum absolute atomic E-state index is 12.6. The predicted octanol–water partition coefficient (Wildman–Crippen LogP) is 1.59. The summed E-state index contributed by atoms with van der Waals surface area (Å²) < 4.78 is 15.4. The van der Waals surface area contributed by atoms with Crippen molar-refractivity contribution in [3.8, 4) is 0 Å². The lowest BCUT2D eigenvalue weighted by molar-refractivity contribution is -0.144. The Morgan fingerprint density at radius 3 is 2.10 bits per heavy atom. The summed E-state index contributed by atoms with van der Waals surface area (Å²) in [5, 5.41) is 6.73. The highest BCUT2D eigenvalue weighted by atomic mass is 16.5. The van der Waals surface area contributed by atoms with Crippen molar-refractivity contribution >= 4 is 29.5 Å². The number of ether oxygens (including phenoxy) is 3. The average Bonchev–Trinajstić information content (AvgIpc) is 3.20. The van der Waals surface area contributed by atoms with Crippen LogP contribution in [0.15, 0.2) is 36.7 Å². The molecule has 0 bridgehead atoms. The van der Waals surface area contributed by atoms with Crippen LogP contribution in [0, 0.1) is 0 Å². The molecule has 0 radical (unpaired) electrons. The second-order valence-corrected chi connectivity index (χ2v) is 5.91. The number of benzene rings is 1. The van der Waals surface area contributed by atoms with Gasteiger partial charge in [-0.05, 0) is 12.1 Å². The van der Waals surface area contributed by atoms with E-state index in [4.69, 9.17) is 0 Å². The predicted molar refractivity (Wildman–Crippen MR) is 100 cm³/mol. The molecule has 2 aromatic rings. The Kier molecular flexibility index (Phi) is 7.47. The topological polar surface area (TPSA) is 126 Å². The Labute approximate surface area is 166 Å². The zero-order valence-corrected chi connectivity index (χ0v) is 16.2. The zero-order chi connectivity index (χ0) is 21.4. The smallest absolute Gasteiger partial charge is 0.338 e. The van der Waals surface area contributed by atoms with Gasteiger partial charge in [0.25, 0.3) is 5.91 Å². The summed E-state index contributed by atoms with van der Waals surface area (Å²) in [6, 6.07) is 5.55. The molecule has 0 atom stereocenters. The number of anilines is 1. The fraction of sp³-hybridized carbons (Fsp3) is 0.316. The van der Waals surface area contributed by atoms with Gasteiger partial charge in [0.1, 0.15) is 0 Å². The summed E-state index contributed by atoms with van der Waals surface area (Å²) in [6.45, 7) is 0. The van der Waals surface area contributed by atoms with Crippen molar-refractivity contribution in [2.24, 2.45) is 0 Å². The van der Waals surface area contributed by atoms with Gasteiger partial charge in [0, 0.05) is 6.20 Å². The summed E-state index contributed by atoms with van der Waals surface area (Å²) in [4.78, 5) is 47.7. The number of esters is 3. The number of nitrogens with one attached hydrogen (secondary N) is 1. The molecule has 0 fully saturated rings. The first-order valence-electron chi connectivity index (χ1n) is 8.56. The van der Waals surface area contributed by atoms with E-state index >= 15 is 0 Å². The van der Waals surface area contributed by atoms with E-state index in [1.807, 2.05) is 0 Å². The average molecular weight is 403 g/mol. The van der Waals surface area contributed by atoms with E-state index in [2.05, 4.69) is 24.6 Å². The SMILES string of the molecule is COC(=O)CC(CC(=O)OC)n1cc(NC(=O)c2ccccc2C(=O)OC)cn1. The van der Waals surface area contributed by atoms with Crippen molar-refractivity contribution in [3.05, 3.63) is 47.8 Å². The van der Waals surface area contributed by atoms with Gasteiger partial charge in [0.05, 0.1) is 63.2 Å². The van der Waals surface area contributed by atoms with E-state index in [1.54, 1.807) is 12.1 Å². The molecular formula is C19H21N3O7. The fourth-order valence-electron chi connectivity index (χ4n) is 2.58. The van der Waals surface area contributed by atoms with Gasteiger partial charge in [-0.1, -0.05) is 12.1 Å². The summed E-state index contributed by atoms with van der Waals surface area (Å²) >= 11 is 0. The molecule has 0 aliphatic carbocycles. The highest BCUT2D eigenvalue weighted by Gasteiger charge is 2.22. The summed E-state index contributed by atoms with van der Waals surface area (Å²) in [5.74, 6) is -2.22. The Hall–Kier alpha value is -3.69. The van der Waals surface area contributed by atoms with E-state index in [1.165, 1.54) is 50.5 Å². The number of hydrogen-bond donors (Lipinski definition) is 1. The third-order valence-electron chi connectivity index (χ3n) is 4.07. The van der Waals surface area contributed by atoms with Crippen LogP contribution in [0.25, 0.3) is 0 Å². The Morgan fingerprint density at radius 1 is 0.966 bits per heavy atom. The van der Waals surface area contributed by atoms with Gasteiger partial charge in [-0.2, -0.15) is 5.10 Å². The van der Waals surface area contributed by atoms with Crippen LogP contribution >= 0.6 is 0 Å². The van der Waals surface area contributed by atoms with Crippen LogP contribution in [-0.4, -0.2) is 54.9 Å². The molecule has 2 rings (SSSR count). The fourth-order valence-corrected chi connectivity index (χ4v) is 2.58. The molecule has 1 heterocycles. The molecule has 1 aromatic carbocycles. The Balaban J connectivity index is 2.20. The zero-order valence-electron chi connectivity index (χ0n) is 16.2. The molecule has 10 heteroatoms. The van der Waals surface area contributed by atoms with Crippen LogP contribution in [0.4, 0.5) is 5.69 Å². The van der Waals surface area contributed by atoms with E-state index < -0.39 is 29.9 Å². The van der Waals surface area contributed by atoms with Crippen LogP contribution in [0.1, 0.15) is 39.6 Å². The Bertz CT molecular complexity index is 889. The summed E-state index contributed by atoms with van der Waals surface area (Å²) in [7, 11) is 3.71. The van der Waals surface area contributed by atoms with Crippen LogP contribution in [-0.2, 0) is 23.8 Å². The third kappa shape index (κ3) is 5.64. The number of carbonyl (C=O) groups excluding carboxylic acids is 4. The lowest BCUT2D eigenvalue weighted by atomic mass is 10.1. The quantitative estimate of drug-likeness (QED) is 0.520. The van der Waals surface area contributed by atoms with Crippen molar-refractivity contribution in [3.63, 3.8) is 0 Å². The van der Waals surface area contributed by atoms with Gasteiger partial charge < -0.3 is 19.5 Å². The second-order valence-electron chi connectivity index (χ2n) is 5.91. The lowest BCUT2D eigenvalue weighted by Gasteiger charge is -2.15. The van der Waals surface area contributed by atoms with Crippen LogP contribution in [0.2, 0.25) is 0 Å². The van der Waals surface area contributed by atoms with Crippen LogP contribution < -0.4 is 5.32 Å². The van der Waals surface area contributed by atoms with Gasteiger partial charge in [-0.25, -0.2) is 4.79 Å². The highest BCUT2D eigenvalue weighted by Crippen LogP contribution is 2.20. The van der Waals surface area contributed by atoms with Gasteiger partial charge in [0.2, 0.25) is 0 Å². The molecule has 0 aliphatic heterocycles. The number of aromatic nitrogens is 2. The Morgan fingerprint density at radius 2 is 1.55 bits per heavy atom. The van der Waals surface area contributed by atoms with Crippen LogP contribution in [0.5, 0.6) is 0 Å². The van der Waals surface area contributed by atoms with Gasteiger partial charge >= 0.3 is 17.9 Å². The first-order valence-corrected chi connectivity index (χ1v) is 8.56. The monoisotopic (exact) mass is 403 g/mol. The minimum absolute atomic E-state index is 0.105. The maximum atomic E-state index is 12.6. The van der Waals surface area contributed by atoms with Crippen molar-refractivity contribution in [1.82, 2.24) is 9.78 Å². The molecule has 0 aliphatic rings. The first kappa shape index (κ1) is 21.6. The lowest BCUT2D eigenvalue weighted by Crippen LogP contribution is -2.20. The van der Waals surface area contributed by atoms with Crippen LogP contribution in [0.3, 0.4) is 0 Å². The minimum Gasteiger partial charge on any atom is -0.469 e. The molecule has 1 N–H and O–H groups in total.